The molecular formula is C12H17ClN4O3. The number of aliphatic hydroxyl groups excluding tert-OH is 1. The van der Waals surface area contributed by atoms with E-state index in [4.69, 9.17) is 11.6 Å². The summed E-state index contributed by atoms with van der Waals surface area (Å²) < 4.78 is 0. The molecule has 1 heterocycles. The van der Waals surface area contributed by atoms with Crippen LogP contribution >= 0.6 is 11.6 Å². The number of hydrogen-bond acceptors (Lipinski definition) is 6. The quantitative estimate of drug-likeness (QED) is 0.502. The van der Waals surface area contributed by atoms with Crippen LogP contribution in [0.3, 0.4) is 0 Å². The number of hydrogen-bond donors (Lipinski definition) is 2. The van der Waals surface area contributed by atoms with E-state index in [0.717, 1.165) is 25.7 Å². The van der Waals surface area contributed by atoms with Gasteiger partial charge in [0.15, 0.2) is 0 Å². The van der Waals surface area contributed by atoms with Crippen molar-refractivity contribution in [3.8, 4) is 0 Å². The Morgan fingerprint density at radius 2 is 2.05 bits per heavy atom. The average molecular weight is 301 g/mol. The number of halogens is 1. The lowest BCUT2D eigenvalue weighted by Gasteiger charge is -2.25. The van der Waals surface area contributed by atoms with Gasteiger partial charge in [-0.15, -0.1) is 0 Å². The van der Waals surface area contributed by atoms with Crippen LogP contribution in [0.25, 0.3) is 0 Å². The summed E-state index contributed by atoms with van der Waals surface area (Å²) >= 11 is 5.75. The maximum absolute atomic E-state index is 11.1. The van der Waals surface area contributed by atoms with E-state index in [2.05, 4.69) is 15.3 Å². The highest BCUT2D eigenvalue weighted by atomic mass is 35.5. The normalized spacial score (nSPS) is 22.6. The van der Waals surface area contributed by atoms with E-state index in [1.165, 1.54) is 6.92 Å². The van der Waals surface area contributed by atoms with E-state index in [0.29, 0.717) is 12.5 Å². The van der Waals surface area contributed by atoms with Gasteiger partial charge in [0.2, 0.25) is 11.1 Å². The van der Waals surface area contributed by atoms with E-state index < -0.39 is 4.92 Å². The number of aliphatic hydroxyl groups is 1. The van der Waals surface area contributed by atoms with Crippen LogP contribution in [0, 0.1) is 23.0 Å². The zero-order valence-electron chi connectivity index (χ0n) is 11.2. The summed E-state index contributed by atoms with van der Waals surface area (Å²) in [5.74, 6) is 0.547. The average Bonchev–Trinajstić information content (AvgIpc) is 2.36. The zero-order chi connectivity index (χ0) is 14.7. The van der Waals surface area contributed by atoms with Crippen molar-refractivity contribution in [2.24, 2.45) is 5.92 Å². The predicted octanol–water partition coefficient (Wildman–Crippen LogP) is 2.31. The number of anilines is 1. The Labute approximate surface area is 121 Å². The minimum absolute atomic E-state index is 0.00494. The van der Waals surface area contributed by atoms with Crippen LogP contribution < -0.4 is 5.32 Å². The molecule has 1 saturated carbocycles. The van der Waals surface area contributed by atoms with Gasteiger partial charge in [-0.25, -0.2) is 4.98 Å². The van der Waals surface area contributed by atoms with E-state index >= 15 is 0 Å². The third kappa shape index (κ3) is 3.55. The summed E-state index contributed by atoms with van der Waals surface area (Å²) in [6, 6.07) is 0. The van der Waals surface area contributed by atoms with Gasteiger partial charge in [-0.3, -0.25) is 10.1 Å². The van der Waals surface area contributed by atoms with E-state index in [-0.39, 0.29) is 28.6 Å². The second-order valence-corrected chi connectivity index (χ2v) is 5.43. The predicted molar refractivity (Wildman–Crippen MR) is 74.9 cm³/mol. The second kappa shape index (κ2) is 6.32. The van der Waals surface area contributed by atoms with Crippen molar-refractivity contribution in [2.45, 2.75) is 38.7 Å². The summed E-state index contributed by atoms with van der Waals surface area (Å²) in [6.07, 6.45) is 3.14. The highest BCUT2D eigenvalue weighted by Crippen LogP contribution is 2.29. The maximum atomic E-state index is 11.1. The van der Waals surface area contributed by atoms with Crippen molar-refractivity contribution < 1.29 is 10.0 Å². The summed E-state index contributed by atoms with van der Waals surface area (Å²) in [4.78, 5) is 18.3. The molecular weight excluding hydrogens is 284 g/mol. The smallest absolute Gasteiger partial charge is 0.332 e. The first-order valence-corrected chi connectivity index (χ1v) is 6.95. The first-order chi connectivity index (χ1) is 9.47. The highest BCUT2D eigenvalue weighted by Gasteiger charge is 2.24. The van der Waals surface area contributed by atoms with Gasteiger partial charge in [0.05, 0.1) is 11.0 Å². The van der Waals surface area contributed by atoms with Gasteiger partial charge in [-0.2, -0.15) is 4.98 Å². The lowest BCUT2D eigenvalue weighted by molar-refractivity contribution is -0.385. The molecule has 110 valence electrons. The van der Waals surface area contributed by atoms with Crippen LogP contribution in [-0.2, 0) is 0 Å². The fourth-order valence-electron chi connectivity index (χ4n) is 2.46. The Kier molecular flexibility index (Phi) is 4.72. The van der Waals surface area contributed by atoms with Gasteiger partial charge in [0.25, 0.3) is 0 Å². The summed E-state index contributed by atoms with van der Waals surface area (Å²) in [7, 11) is 0. The van der Waals surface area contributed by atoms with Gasteiger partial charge in [-0.1, -0.05) is 0 Å². The molecule has 8 heteroatoms. The van der Waals surface area contributed by atoms with Gasteiger partial charge in [0, 0.05) is 6.54 Å². The molecule has 2 rings (SSSR count). The fourth-order valence-corrected chi connectivity index (χ4v) is 2.68. The molecule has 0 aliphatic heterocycles. The lowest BCUT2D eigenvalue weighted by atomic mass is 9.87. The maximum Gasteiger partial charge on any atom is 0.332 e. The van der Waals surface area contributed by atoms with Crippen LogP contribution in [0.4, 0.5) is 11.5 Å². The molecule has 0 spiro atoms. The Bertz CT molecular complexity index is 504. The van der Waals surface area contributed by atoms with Crippen molar-refractivity contribution in [1.82, 2.24) is 9.97 Å². The molecule has 0 amide bonds. The standard InChI is InChI=1S/C12H17ClN4O3/c1-7-10(17(19)20)11(16-12(13)15-7)14-6-8-2-4-9(18)5-3-8/h8-9,18H,2-6H2,1H3,(H,14,15,16). The molecule has 1 aliphatic carbocycles. The third-order valence-electron chi connectivity index (χ3n) is 3.59. The molecule has 20 heavy (non-hydrogen) atoms. The van der Waals surface area contributed by atoms with Crippen molar-refractivity contribution in [3.63, 3.8) is 0 Å². The molecule has 1 fully saturated rings. The number of nitrogens with zero attached hydrogens (tertiary/aromatic N) is 3. The number of rotatable bonds is 4. The SMILES string of the molecule is Cc1nc(Cl)nc(NCC2CCC(O)CC2)c1[N+](=O)[O-]. The van der Waals surface area contributed by atoms with Crippen molar-refractivity contribution >= 4 is 23.1 Å². The van der Waals surface area contributed by atoms with Crippen LogP contribution in [0.2, 0.25) is 5.28 Å². The number of nitro groups is 1. The molecule has 1 aliphatic rings. The topological polar surface area (TPSA) is 101 Å². The zero-order valence-corrected chi connectivity index (χ0v) is 11.9. The molecule has 7 nitrogen and oxygen atoms in total. The molecule has 0 bridgehead atoms. The molecule has 0 radical (unpaired) electrons. The fraction of sp³-hybridized carbons (Fsp3) is 0.667. The molecule has 1 aromatic heterocycles. The Hall–Kier alpha value is -1.47. The first-order valence-electron chi connectivity index (χ1n) is 6.58. The Morgan fingerprint density at radius 3 is 2.65 bits per heavy atom. The molecule has 0 saturated heterocycles. The molecule has 0 atom stereocenters. The first kappa shape index (κ1) is 14.9. The van der Waals surface area contributed by atoms with Gasteiger partial charge < -0.3 is 10.4 Å². The summed E-state index contributed by atoms with van der Waals surface area (Å²) in [5, 5.41) is 23.5. The summed E-state index contributed by atoms with van der Waals surface area (Å²) in [5.41, 5.74) is 0.113. The van der Waals surface area contributed by atoms with Gasteiger partial charge >= 0.3 is 5.69 Å². The molecule has 0 aromatic carbocycles. The van der Waals surface area contributed by atoms with Crippen molar-refractivity contribution in [3.05, 3.63) is 21.1 Å². The number of aryl methyl sites for hydroxylation is 1. The third-order valence-corrected chi connectivity index (χ3v) is 3.76. The number of nitrogens with one attached hydrogen (secondary N) is 1. The molecule has 2 N–H and O–H groups in total. The van der Waals surface area contributed by atoms with E-state index in [1.54, 1.807) is 0 Å². The Morgan fingerprint density at radius 1 is 1.40 bits per heavy atom. The largest absolute Gasteiger partial charge is 0.393 e. The van der Waals surface area contributed by atoms with Crippen LogP contribution in [0.5, 0.6) is 0 Å². The minimum atomic E-state index is -0.501. The van der Waals surface area contributed by atoms with Crippen molar-refractivity contribution in [2.75, 3.05) is 11.9 Å². The van der Waals surface area contributed by atoms with Crippen LogP contribution in [0.1, 0.15) is 31.4 Å². The van der Waals surface area contributed by atoms with Crippen LogP contribution in [-0.4, -0.2) is 32.6 Å². The highest BCUT2D eigenvalue weighted by molar-refractivity contribution is 6.28. The Balaban J connectivity index is 2.07. The molecule has 0 unspecified atom stereocenters. The second-order valence-electron chi connectivity index (χ2n) is 5.09. The van der Waals surface area contributed by atoms with E-state index in [1.807, 2.05) is 0 Å². The minimum Gasteiger partial charge on any atom is -0.393 e. The molecule has 1 aromatic rings. The van der Waals surface area contributed by atoms with E-state index in [9.17, 15) is 15.2 Å². The number of aromatic nitrogens is 2. The monoisotopic (exact) mass is 300 g/mol. The van der Waals surface area contributed by atoms with Crippen LogP contribution in [0.15, 0.2) is 0 Å². The van der Waals surface area contributed by atoms with Crippen molar-refractivity contribution in [1.29, 1.82) is 0 Å². The van der Waals surface area contributed by atoms with Gasteiger partial charge in [-0.05, 0) is 50.1 Å². The van der Waals surface area contributed by atoms with Gasteiger partial charge in [0.1, 0.15) is 5.69 Å². The lowest BCUT2D eigenvalue weighted by Crippen LogP contribution is -2.24. The summed E-state index contributed by atoms with van der Waals surface area (Å²) in [6.45, 7) is 2.12.